The molecule has 0 atom stereocenters. The number of methoxy groups -OCH3 is 1. The predicted octanol–water partition coefficient (Wildman–Crippen LogP) is 4.22. The third-order valence-electron chi connectivity index (χ3n) is 5.55. The Hall–Kier alpha value is -1.92. The van der Waals surface area contributed by atoms with Gasteiger partial charge in [-0.1, -0.05) is 0 Å². The van der Waals surface area contributed by atoms with Crippen molar-refractivity contribution < 1.29 is 4.74 Å². The van der Waals surface area contributed by atoms with E-state index in [1.807, 2.05) is 17.4 Å². The van der Waals surface area contributed by atoms with Gasteiger partial charge in [0.25, 0.3) is 6.02 Å². The third-order valence-corrected chi connectivity index (χ3v) is 6.73. The van der Waals surface area contributed by atoms with Gasteiger partial charge in [-0.15, -0.1) is 11.3 Å². The summed E-state index contributed by atoms with van der Waals surface area (Å²) in [6.07, 6.45) is 6.27. The fourth-order valence-electron chi connectivity index (χ4n) is 3.61. The van der Waals surface area contributed by atoms with Crippen LogP contribution in [0.1, 0.15) is 37.6 Å². The molecule has 138 valence electrons. The molecule has 2 aromatic rings. The first kappa shape index (κ1) is 17.5. The van der Waals surface area contributed by atoms with Crippen LogP contribution in [0, 0.1) is 0 Å². The van der Waals surface area contributed by atoms with Crippen molar-refractivity contribution in [3.05, 3.63) is 35.5 Å². The number of fused-ring (bicyclic) bond motifs is 1. The van der Waals surface area contributed by atoms with Gasteiger partial charge in [0.15, 0.2) is 0 Å². The van der Waals surface area contributed by atoms with Crippen molar-refractivity contribution in [3.63, 3.8) is 0 Å². The summed E-state index contributed by atoms with van der Waals surface area (Å²) in [4.78, 5) is 13.8. The van der Waals surface area contributed by atoms with Crippen LogP contribution in [0.15, 0.2) is 35.5 Å². The standard InChI is InChI=1S/C20H26N4OS/c1-13(2)23(3)16-10-14(11-16)19-22-17-7-6-15(12-18(17)26-19)24-9-5-8-21-20(24)25-4/h5-8,12-14,16H,9-11H2,1-4H3/t14-,16-. The second-order valence-corrected chi connectivity index (χ2v) is 8.46. The maximum atomic E-state index is 5.40. The van der Waals surface area contributed by atoms with E-state index < -0.39 is 0 Å². The average molecular weight is 371 g/mol. The highest BCUT2D eigenvalue weighted by atomic mass is 32.1. The molecule has 6 heteroatoms. The van der Waals surface area contributed by atoms with Crippen LogP contribution >= 0.6 is 11.3 Å². The molecule has 0 radical (unpaired) electrons. The molecule has 1 aromatic heterocycles. The lowest BCUT2D eigenvalue weighted by Gasteiger charge is -2.42. The van der Waals surface area contributed by atoms with Crippen molar-refractivity contribution >= 4 is 33.3 Å². The molecule has 26 heavy (non-hydrogen) atoms. The van der Waals surface area contributed by atoms with E-state index in [1.54, 1.807) is 13.3 Å². The number of hydrogen-bond donors (Lipinski definition) is 0. The van der Waals surface area contributed by atoms with Crippen molar-refractivity contribution in [1.29, 1.82) is 0 Å². The van der Waals surface area contributed by atoms with Gasteiger partial charge in [0, 0.05) is 36.4 Å². The number of benzene rings is 1. The topological polar surface area (TPSA) is 41.0 Å². The number of anilines is 1. The predicted molar refractivity (Wildman–Crippen MR) is 109 cm³/mol. The van der Waals surface area contributed by atoms with E-state index in [0.717, 1.165) is 17.7 Å². The Balaban J connectivity index is 1.52. The fraction of sp³-hybridized carbons (Fsp3) is 0.500. The second-order valence-electron chi connectivity index (χ2n) is 7.40. The monoisotopic (exact) mass is 370 g/mol. The lowest BCUT2D eigenvalue weighted by atomic mass is 9.79. The molecule has 1 saturated carbocycles. The first-order valence-electron chi connectivity index (χ1n) is 9.23. The summed E-state index contributed by atoms with van der Waals surface area (Å²) in [5, 5.41) is 1.28. The maximum Gasteiger partial charge on any atom is 0.296 e. The quantitative estimate of drug-likeness (QED) is 0.808. The van der Waals surface area contributed by atoms with E-state index in [0.29, 0.717) is 24.0 Å². The van der Waals surface area contributed by atoms with Gasteiger partial charge in [-0.25, -0.2) is 9.98 Å². The van der Waals surface area contributed by atoms with Crippen molar-refractivity contribution in [2.45, 2.75) is 44.7 Å². The van der Waals surface area contributed by atoms with E-state index in [4.69, 9.17) is 9.72 Å². The highest BCUT2D eigenvalue weighted by Gasteiger charge is 2.35. The molecule has 1 aliphatic heterocycles. The largest absolute Gasteiger partial charge is 0.468 e. The van der Waals surface area contributed by atoms with E-state index >= 15 is 0 Å². The molecule has 0 bridgehead atoms. The van der Waals surface area contributed by atoms with Gasteiger partial charge >= 0.3 is 0 Å². The number of hydrogen-bond acceptors (Lipinski definition) is 6. The van der Waals surface area contributed by atoms with Gasteiger partial charge in [-0.3, -0.25) is 4.90 Å². The number of thiazole rings is 1. The molecule has 1 aromatic carbocycles. The Bertz CT molecular complexity index is 851. The number of aliphatic imine (C=N–C) groups is 1. The Kier molecular flexibility index (Phi) is 4.71. The Morgan fingerprint density at radius 1 is 1.31 bits per heavy atom. The number of ether oxygens (including phenoxy) is 1. The van der Waals surface area contributed by atoms with E-state index in [1.165, 1.54) is 22.5 Å². The second kappa shape index (κ2) is 7.00. The highest BCUT2D eigenvalue weighted by Crippen LogP contribution is 2.43. The maximum absolute atomic E-state index is 5.40. The molecule has 4 rings (SSSR count). The van der Waals surface area contributed by atoms with E-state index in [-0.39, 0.29) is 0 Å². The van der Waals surface area contributed by atoms with Gasteiger partial charge in [0.05, 0.1) is 22.3 Å². The van der Waals surface area contributed by atoms with Crippen molar-refractivity contribution in [2.24, 2.45) is 4.99 Å². The van der Waals surface area contributed by atoms with E-state index in [9.17, 15) is 0 Å². The van der Waals surface area contributed by atoms with Crippen LogP contribution in [0.2, 0.25) is 0 Å². The van der Waals surface area contributed by atoms with Crippen LogP contribution in [-0.4, -0.2) is 48.7 Å². The van der Waals surface area contributed by atoms with Crippen molar-refractivity contribution in [2.75, 3.05) is 25.6 Å². The van der Waals surface area contributed by atoms with Gasteiger partial charge in [0.1, 0.15) is 0 Å². The average Bonchev–Trinajstić information content (AvgIpc) is 3.02. The number of aromatic nitrogens is 1. The zero-order valence-electron chi connectivity index (χ0n) is 15.8. The molecule has 0 unspecified atom stereocenters. The molecule has 1 aliphatic carbocycles. The molecule has 2 aliphatic rings. The molecule has 0 spiro atoms. The molecule has 0 N–H and O–H groups in total. The minimum atomic E-state index is 0.606. The first-order valence-corrected chi connectivity index (χ1v) is 10.0. The molecule has 5 nitrogen and oxygen atoms in total. The molecule has 1 fully saturated rings. The summed E-state index contributed by atoms with van der Waals surface area (Å²) < 4.78 is 6.64. The van der Waals surface area contributed by atoms with Crippen LogP contribution in [0.3, 0.4) is 0 Å². The Morgan fingerprint density at radius 3 is 2.85 bits per heavy atom. The molecular weight excluding hydrogens is 344 g/mol. The Labute approximate surface area is 159 Å². The van der Waals surface area contributed by atoms with Gasteiger partial charge in [-0.2, -0.15) is 0 Å². The molecule has 2 heterocycles. The van der Waals surface area contributed by atoms with Gasteiger partial charge in [0.2, 0.25) is 0 Å². The molecule has 0 amide bonds. The van der Waals surface area contributed by atoms with Gasteiger partial charge in [-0.05, 0) is 58.0 Å². The van der Waals surface area contributed by atoms with Crippen LogP contribution < -0.4 is 4.90 Å². The highest BCUT2D eigenvalue weighted by molar-refractivity contribution is 7.18. The van der Waals surface area contributed by atoms with Gasteiger partial charge < -0.3 is 9.64 Å². The van der Waals surface area contributed by atoms with Crippen molar-refractivity contribution in [1.82, 2.24) is 9.88 Å². The van der Waals surface area contributed by atoms with E-state index in [2.05, 4.69) is 53.9 Å². The lowest BCUT2D eigenvalue weighted by molar-refractivity contribution is 0.108. The number of rotatable bonds is 4. The van der Waals surface area contributed by atoms with Crippen LogP contribution in [0.4, 0.5) is 5.69 Å². The minimum Gasteiger partial charge on any atom is -0.468 e. The fourth-order valence-corrected chi connectivity index (χ4v) is 4.74. The third kappa shape index (κ3) is 3.12. The van der Waals surface area contributed by atoms with Crippen LogP contribution in [0.5, 0.6) is 0 Å². The summed E-state index contributed by atoms with van der Waals surface area (Å²) >= 11 is 1.84. The normalized spacial score (nSPS) is 22.8. The summed E-state index contributed by atoms with van der Waals surface area (Å²) in [5.74, 6) is 0.607. The number of amidine groups is 1. The summed E-state index contributed by atoms with van der Waals surface area (Å²) in [6.45, 7) is 5.30. The SMILES string of the molecule is COC1=NC=CCN1c1ccc2nc([C@H]3C[C@H](N(C)C(C)C)C3)sc2c1. The smallest absolute Gasteiger partial charge is 0.296 e. The number of nitrogens with zero attached hydrogens (tertiary/aromatic N) is 4. The first-order chi connectivity index (χ1) is 12.6. The summed E-state index contributed by atoms with van der Waals surface area (Å²) in [6, 6.07) is 8.37. The van der Waals surface area contributed by atoms with Crippen LogP contribution in [-0.2, 0) is 4.74 Å². The zero-order valence-corrected chi connectivity index (χ0v) is 16.7. The summed E-state index contributed by atoms with van der Waals surface area (Å²) in [5.41, 5.74) is 2.20. The lowest BCUT2D eigenvalue weighted by Crippen LogP contribution is -2.44. The Morgan fingerprint density at radius 2 is 2.12 bits per heavy atom. The molecular formula is C20H26N4OS. The zero-order chi connectivity index (χ0) is 18.3. The summed E-state index contributed by atoms with van der Waals surface area (Å²) in [7, 11) is 3.90. The molecule has 0 saturated heterocycles. The minimum absolute atomic E-state index is 0.606. The van der Waals surface area contributed by atoms with Crippen molar-refractivity contribution in [3.8, 4) is 0 Å². The van der Waals surface area contributed by atoms with Crippen LogP contribution in [0.25, 0.3) is 10.2 Å².